The van der Waals surface area contributed by atoms with Gasteiger partial charge in [0, 0.05) is 18.3 Å². The highest BCUT2D eigenvalue weighted by atomic mass is 32.2. The minimum atomic E-state index is -3.94. The third kappa shape index (κ3) is 4.65. The summed E-state index contributed by atoms with van der Waals surface area (Å²) in [4.78, 5) is 15.3. The number of sulfonamides is 1. The normalized spacial score (nSPS) is 15.5. The Morgan fingerprint density at radius 3 is 2.45 bits per heavy atom. The van der Waals surface area contributed by atoms with Crippen molar-refractivity contribution in [2.75, 3.05) is 18.6 Å². The number of hydrogen-bond donors (Lipinski definition) is 0. The monoisotopic (exact) mass is 464 g/mol. The molecule has 3 aromatic carbocycles. The molecule has 0 aromatic heterocycles. The molecule has 7 heteroatoms. The van der Waals surface area contributed by atoms with Crippen LogP contribution in [0.3, 0.4) is 0 Å². The van der Waals surface area contributed by atoms with Crippen LogP contribution in [0.15, 0.2) is 77.7 Å². The molecule has 0 spiro atoms. The van der Waals surface area contributed by atoms with Gasteiger partial charge in [-0.1, -0.05) is 48.5 Å². The van der Waals surface area contributed by atoms with Crippen LogP contribution in [0.25, 0.3) is 0 Å². The molecule has 3 aromatic rings. The van der Waals surface area contributed by atoms with Crippen LogP contribution in [0.1, 0.15) is 23.6 Å². The van der Waals surface area contributed by atoms with Gasteiger partial charge in [-0.05, 0) is 61.2 Å². The van der Waals surface area contributed by atoms with E-state index in [2.05, 4.69) is 0 Å². The quantitative estimate of drug-likeness (QED) is 0.526. The molecule has 1 aliphatic rings. The first kappa shape index (κ1) is 23.0. The molecule has 4 rings (SSSR count). The largest absolute Gasteiger partial charge is 0.496 e. The maximum atomic E-state index is 13.7. The summed E-state index contributed by atoms with van der Waals surface area (Å²) in [6.07, 6.45) is 0.755. The van der Waals surface area contributed by atoms with E-state index in [0.29, 0.717) is 11.3 Å². The molecule has 1 heterocycles. The molecular weight excluding hydrogens is 436 g/mol. The number of nitrogens with zero attached hydrogens (tertiary/aromatic N) is 2. The minimum Gasteiger partial charge on any atom is -0.496 e. The Morgan fingerprint density at radius 2 is 1.76 bits per heavy atom. The summed E-state index contributed by atoms with van der Waals surface area (Å²) in [5.41, 5.74) is 3.48. The van der Waals surface area contributed by atoms with E-state index in [1.807, 2.05) is 61.5 Å². The van der Waals surface area contributed by atoms with E-state index in [1.165, 1.54) is 10.4 Å². The lowest BCUT2D eigenvalue weighted by molar-refractivity contribution is -0.119. The van der Waals surface area contributed by atoms with E-state index < -0.39 is 10.0 Å². The molecule has 0 fully saturated rings. The first-order valence-corrected chi connectivity index (χ1v) is 12.3. The molecular formula is C26H28N2O4S. The van der Waals surface area contributed by atoms with E-state index >= 15 is 0 Å². The van der Waals surface area contributed by atoms with Gasteiger partial charge in [-0.15, -0.1) is 0 Å². The predicted molar refractivity (Wildman–Crippen MR) is 129 cm³/mol. The molecule has 0 radical (unpaired) electrons. The second-order valence-corrected chi connectivity index (χ2v) is 10.3. The molecule has 0 saturated carbocycles. The van der Waals surface area contributed by atoms with Gasteiger partial charge in [0.15, 0.2) is 0 Å². The first-order chi connectivity index (χ1) is 15.8. The number of aryl methyl sites for hydroxylation is 1. The average Bonchev–Trinajstić information content (AvgIpc) is 3.15. The van der Waals surface area contributed by atoms with E-state index in [-0.39, 0.29) is 29.9 Å². The number of benzene rings is 3. The van der Waals surface area contributed by atoms with Crippen LogP contribution in [0, 0.1) is 6.92 Å². The Bertz CT molecular complexity index is 1260. The van der Waals surface area contributed by atoms with Gasteiger partial charge in [0.2, 0.25) is 15.9 Å². The fraction of sp³-hybridized carbons (Fsp3) is 0.269. The number of ether oxygens (including phenoxy) is 1. The molecule has 0 saturated heterocycles. The summed E-state index contributed by atoms with van der Waals surface area (Å²) < 4.78 is 33.9. The molecule has 1 unspecified atom stereocenters. The van der Waals surface area contributed by atoms with E-state index in [1.54, 1.807) is 31.1 Å². The SMILES string of the molecule is COc1ccc(S(=O)(=O)N(CC(=O)N2c3ccccc3CC2C)Cc2ccccc2)cc1C. The lowest BCUT2D eigenvalue weighted by Crippen LogP contribution is -2.44. The first-order valence-electron chi connectivity index (χ1n) is 10.9. The van der Waals surface area contributed by atoms with Crippen LogP contribution < -0.4 is 9.64 Å². The zero-order valence-electron chi connectivity index (χ0n) is 19.1. The standard InChI is InChI=1S/C26H28N2O4S/c1-19-15-23(13-14-25(19)32-3)33(30,31)27(17-21-9-5-4-6-10-21)18-26(29)28-20(2)16-22-11-7-8-12-24(22)28/h4-15,20H,16-18H2,1-3H3. The average molecular weight is 465 g/mol. The van der Waals surface area contributed by atoms with Crippen molar-refractivity contribution in [3.05, 3.63) is 89.5 Å². The molecule has 33 heavy (non-hydrogen) atoms. The van der Waals surface area contributed by atoms with Gasteiger partial charge in [-0.3, -0.25) is 4.79 Å². The highest BCUT2D eigenvalue weighted by molar-refractivity contribution is 7.89. The second-order valence-electron chi connectivity index (χ2n) is 8.34. The van der Waals surface area contributed by atoms with Crippen molar-refractivity contribution in [3.8, 4) is 5.75 Å². The van der Waals surface area contributed by atoms with Crippen LogP contribution in [0.2, 0.25) is 0 Å². The minimum absolute atomic E-state index is 0.0283. The number of para-hydroxylation sites is 1. The van der Waals surface area contributed by atoms with Gasteiger partial charge in [0.05, 0.1) is 18.6 Å². The molecule has 1 aliphatic heterocycles. The fourth-order valence-electron chi connectivity index (χ4n) is 4.35. The summed E-state index contributed by atoms with van der Waals surface area (Å²) in [5.74, 6) is 0.374. The Hall–Kier alpha value is -3.16. The highest BCUT2D eigenvalue weighted by Crippen LogP contribution is 2.32. The molecule has 1 atom stereocenters. The third-order valence-electron chi connectivity index (χ3n) is 5.99. The Kier molecular flexibility index (Phi) is 6.54. The predicted octanol–water partition coefficient (Wildman–Crippen LogP) is 4.17. The number of rotatable bonds is 7. The molecule has 0 aliphatic carbocycles. The van der Waals surface area contributed by atoms with Crippen molar-refractivity contribution in [1.29, 1.82) is 0 Å². The smallest absolute Gasteiger partial charge is 0.243 e. The molecule has 0 bridgehead atoms. The van der Waals surface area contributed by atoms with E-state index in [0.717, 1.165) is 23.2 Å². The number of amides is 1. The lowest BCUT2D eigenvalue weighted by Gasteiger charge is -2.28. The van der Waals surface area contributed by atoms with E-state index in [9.17, 15) is 13.2 Å². The number of anilines is 1. The summed E-state index contributed by atoms with van der Waals surface area (Å²) >= 11 is 0. The van der Waals surface area contributed by atoms with Gasteiger partial charge >= 0.3 is 0 Å². The van der Waals surface area contributed by atoms with Gasteiger partial charge < -0.3 is 9.64 Å². The van der Waals surface area contributed by atoms with Crippen molar-refractivity contribution >= 4 is 21.6 Å². The van der Waals surface area contributed by atoms with Crippen molar-refractivity contribution in [2.45, 2.75) is 37.8 Å². The van der Waals surface area contributed by atoms with Crippen molar-refractivity contribution < 1.29 is 17.9 Å². The Labute approximate surface area is 195 Å². The lowest BCUT2D eigenvalue weighted by atomic mass is 10.1. The highest BCUT2D eigenvalue weighted by Gasteiger charge is 2.34. The number of carbonyl (C=O) groups is 1. The van der Waals surface area contributed by atoms with Crippen LogP contribution in [-0.2, 0) is 27.8 Å². The number of fused-ring (bicyclic) bond motifs is 1. The second kappa shape index (κ2) is 9.37. The molecule has 6 nitrogen and oxygen atoms in total. The maximum Gasteiger partial charge on any atom is 0.243 e. The van der Waals surface area contributed by atoms with Gasteiger partial charge in [0.25, 0.3) is 0 Å². The Morgan fingerprint density at radius 1 is 1.06 bits per heavy atom. The van der Waals surface area contributed by atoms with Gasteiger partial charge in [-0.2, -0.15) is 4.31 Å². The van der Waals surface area contributed by atoms with Crippen LogP contribution >= 0.6 is 0 Å². The summed E-state index contributed by atoms with van der Waals surface area (Å²) in [6, 6.07) is 21.8. The number of hydrogen-bond acceptors (Lipinski definition) is 4. The van der Waals surface area contributed by atoms with Crippen molar-refractivity contribution in [1.82, 2.24) is 4.31 Å². The van der Waals surface area contributed by atoms with Crippen LogP contribution in [-0.4, -0.2) is 38.3 Å². The fourth-order valence-corrected chi connectivity index (χ4v) is 5.81. The topological polar surface area (TPSA) is 66.9 Å². The van der Waals surface area contributed by atoms with Crippen molar-refractivity contribution in [3.63, 3.8) is 0 Å². The van der Waals surface area contributed by atoms with E-state index in [4.69, 9.17) is 4.74 Å². The zero-order chi connectivity index (χ0) is 23.6. The van der Waals surface area contributed by atoms with Crippen LogP contribution in [0.5, 0.6) is 5.75 Å². The third-order valence-corrected chi connectivity index (χ3v) is 7.78. The molecule has 1 amide bonds. The van der Waals surface area contributed by atoms with Crippen LogP contribution in [0.4, 0.5) is 5.69 Å². The van der Waals surface area contributed by atoms with Gasteiger partial charge in [-0.25, -0.2) is 8.42 Å². The summed E-state index contributed by atoms with van der Waals surface area (Å²) in [5, 5.41) is 0. The summed E-state index contributed by atoms with van der Waals surface area (Å²) in [7, 11) is -2.39. The number of carbonyl (C=O) groups excluding carboxylic acids is 1. The number of methoxy groups -OCH3 is 1. The zero-order valence-corrected chi connectivity index (χ0v) is 19.9. The maximum absolute atomic E-state index is 13.7. The molecule has 0 N–H and O–H groups in total. The van der Waals surface area contributed by atoms with Crippen molar-refractivity contribution in [2.24, 2.45) is 0 Å². The summed E-state index contributed by atoms with van der Waals surface area (Å²) in [6.45, 7) is 3.64. The van der Waals surface area contributed by atoms with Gasteiger partial charge in [0.1, 0.15) is 5.75 Å². The molecule has 172 valence electrons. The Balaban J connectivity index is 1.68.